The Balaban J connectivity index is 2.01. The molecule has 0 atom stereocenters. The monoisotopic (exact) mass is 265 g/mol. The van der Waals surface area contributed by atoms with E-state index in [1.165, 1.54) is 16.9 Å². The Kier molecular flexibility index (Phi) is 4.72. The molecule has 0 unspecified atom stereocenters. The lowest BCUT2D eigenvalue weighted by Crippen LogP contribution is -2.30. The predicted octanol–water partition coefficient (Wildman–Crippen LogP) is 3.30. The van der Waals surface area contributed by atoms with E-state index in [9.17, 15) is 0 Å². The normalized spacial score (nSPS) is 11.3. The predicted molar refractivity (Wildman–Crippen MR) is 86.5 cm³/mol. The molecule has 2 aromatic rings. The van der Waals surface area contributed by atoms with E-state index in [0.29, 0.717) is 0 Å². The Morgan fingerprint density at radius 1 is 0.900 bits per heavy atom. The Labute approximate surface area is 121 Å². The number of aryl methyl sites for hydroxylation is 1. The molecule has 0 N–H and O–H groups in total. The van der Waals surface area contributed by atoms with Gasteiger partial charge in [0.2, 0.25) is 5.69 Å². The molecule has 0 saturated carbocycles. The molecule has 0 aliphatic rings. The van der Waals surface area contributed by atoms with Gasteiger partial charge in [0.1, 0.15) is 7.05 Å². The fraction of sp³-hybridized carbons (Fsp3) is 0.167. The summed E-state index contributed by atoms with van der Waals surface area (Å²) in [5, 5.41) is 0. The van der Waals surface area contributed by atoms with Gasteiger partial charge in [0.25, 0.3) is 0 Å². The highest BCUT2D eigenvalue weighted by molar-refractivity contribution is 5.58. The van der Waals surface area contributed by atoms with Gasteiger partial charge in [-0.1, -0.05) is 30.4 Å². The van der Waals surface area contributed by atoms with E-state index < -0.39 is 0 Å². The van der Waals surface area contributed by atoms with Gasteiger partial charge in [0.05, 0.1) is 0 Å². The maximum Gasteiger partial charge on any atom is 0.204 e. The SMILES string of the molecule is CN(C)c1ccc(C=CC=Cc2cccc[n+]2C)cc1. The number of hydrogen-bond acceptors (Lipinski definition) is 1. The van der Waals surface area contributed by atoms with Crippen molar-refractivity contribution in [1.29, 1.82) is 0 Å². The molecule has 0 saturated heterocycles. The van der Waals surface area contributed by atoms with Crippen LogP contribution in [0.15, 0.2) is 60.8 Å². The molecule has 1 aromatic carbocycles. The molecule has 0 fully saturated rings. The first-order valence-electron chi connectivity index (χ1n) is 6.73. The first-order chi connectivity index (χ1) is 9.66. The summed E-state index contributed by atoms with van der Waals surface area (Å²) in [5.41, 5.74) is 3.60. The standard InChI is InChI=1S/C18H21N2/c1-19(2)17-13-11-16(12-14-17)8-4-5-9-18-10-6-7-15-20(18)3/h4-15H,1-3H3/q+1. The highest BCUT2D eigenvalue weighted by atomic mass is 15.1. The van der Waals surface area contributed by atoms with Crippen LogP contribution < -0.4 is 9.47 Å². The van der Waals surface area contributed by atoms with Crippen LogP contribution in [0.4, 0.5) is 5.69 Å². The second kappa shape index (κ2) is 6.71. The summed E-state index contributed by atoms with van der Waals surface area (Å²) < 4.78 is 2.09. The van der Waals surface area contributed by atoms with Crippen LogP contribution in [0, 0.1) is 0 Å². The third-order valence-electron chi connectivity index (χ3n) is 3.17. The van der Waals surface area contributed by atoms with Gasteiger partial charge in [-0.2, -0.15) is 0 Å². The fourth-order valence-electron chi connectivity index (χ4n) is 1.91. The summed E-state index contributed by atoms with van der Waals surface area (Å²) >= 11 is 0. The first kappa shape index (κ1) is 14.1. The van der Waals surface area contributed by atoms with Crippen LogP contribution in [0.3, 0.4) is 0 Å². The summed E-state index contributed by atoms with van der Waals surface area (Å²) in [4.78, 5) is 2.10. The molecule has 0 radical (unpaired) electrons. The average Bonchev–Trinajstić information content (AvgIpc) is 2.46. The lowest BCUT2D eigenvalue weighted by atomic mass is 10.2. The number of benzene rings is 1. The van der Waals surface area contributed by atoms with E-state index in [-0.39, 0.29) is 0 Å². The van der Waals surface area contributed by atoms with E-state index in [0.717, 1.165) is 0 Å². The van der Waals surface area contributed by atoms with Crippen molar-refractivity contribution in [1.82, 2.24) is 0 Å². The molecule has 2 rings (SSSR count). The van der Waals surface area contributed by atoms with Crippen molar-refractivity contribution in [3.8, 4) is 0 Å². The highest BCUT2D eigenvalue weighted by Gasteiger charge is 1.97. The summed E-state index contributed by atoms with van der Waals surface area (Å²) in [5.74, 6) is 0. The van der Waals surface area contributed by atoms with Crippen LogP contribution >= 0.6 is 0 Å². The first-order valence-corrected chi connectivity index (χ1v) is 6.73. The summed E-state index contributed by atoms with van der Waals surface area (Å²) in [6.07, 6.45) is 10.4. The molecule has 0 aliphatic heterocycles. The van der Waals surface area contributed by atoms with Crippen molar-refractivity contribution in [3.63, 3.8) is 0 Å². The molecular formula is C18H21N2+. The number of rotatable bonds is 4. The van der Waals surface area contributed by atoms with Crippen LogP contribution in [0.25, 0.3) is 12.2 Å². The van der Waals surface area contributed by atoms with Crippen LogP contribution in [-0.4, -0.2) is 14.1 Å². The molecule has 20 heavy (non-hydrogen) atoms. The Morgan fingerprint density at radius 2 is 1.60 bits per heavy atom. The van der Waals surface area contributed by atoms with Crippen molar-refractivity contribution in [3.05, 3.63) is 72.1 Å². The number of nitrogens with zero attached hydrogens (tertiary/aromatic N) is 2. The number of hydrogen-bond donors (Lipinski definition) is 0. The maximum absolute atomic E-state index is 2.13. The fourth-order valence-corrected chi connectivity index (χ4v) is 1.91. The largest absolute Gasteiger partial charge is 0.378 e. The lowest BCUT2D eigenvalue weighted by molar-refractivity contribution is -0.673. The van der Waals surface area contributed by atoms with Crippen molar-refractivity contribution in [2.45, 2.75) is 0 Å². The van der Waals surface area contributed by atoms with Crippen molar-refractivity contribution >= 4 is 17.8 Å². The zero-order valence-corrected chi connectivity index (χ0v) is 12.3. The van der Waals surface area contributed by atoms with Crippen LogP contribution in [0.2, 0.25) is 0 Å². The van der Waals surface area contributed by atoms with Gasteiger partial charge in [-0.05, 0) is 23.8 Å². The molecule has 102 valence electrons. The molecule has 2 heteroatoms. The van der Waals surface area contributed by atoms with E-state index in [4.69, 9.17) is 0 Å². The van der Waals surface area contributed by atoms with Gasteiger partial charge in [-0.15, -0.1) is 0 Å². The molecule has 1 aromatic heterocycles. The quantitative estimate of drug-likeness (QED) is 0.608. The van der Waals surface area contributed by atoms with Gasteiger partial charge in [0.15, 0.2) is 6.20 Å². The van der Waals surface area contributed by atoms with Crippen LogP contribution in [-0.2, 0) is 7.05 Å². The minimum atomic E-state index is 1.18. The molecule has 0 spiro atoms. The number of anilines is 1. The molecule has 0 aliphatic carbocycles. The van der Waals surface area contributed by atoms with Crippen molar-refractivity contribution < 1.29 is 4.57 Å². The second-order valence-electron chi connectivity index (χ2n) is 4.94. The number of aromatic nitrogens is 1. The Morgan fingerprint density at radius 3 is 2.25 bits per heavy atom. The van der Waals surface area contributed by atoms with Crippen LogP contribution in [0.5, 0.6) is 0 Å². The lowest BCUT2D eigenvalue weighted by Gasteiger charge is -2.11. The van der Waals surface area contributed by atoms with E-state index in [2.05, 4.69) is 64.1 Å². The number of pyridine rings is 1. The Bertz CT molecular complexity index is 608. The minimum absolute atomic E-state index is 1.18. The van der Waals surface area contributed by atoms with Crippen molar-refractivity contribution in [2.24, 2.45) is 7.05 Å². The van der Waals surface area contributed by atoms with Gasteiger partial charge in [-0.3, -0.25) is 0 Å². The summed E-state index contributed by atoms with van der Waals surface area (Å²) in [6, 6.07) is 14.7. The molecular weight excluding hydrogens is 244 g/mol. The third-order valence-corrected chi connectivity index (χ3v) is 3.17. The van der Waals surface area contributed by atoms with E-state index in [1.807, 2.05) is 39.5 Å². The zero-order chi connectivity index (χ0) is 14.4. The second-order valence-corrected chi connectivity index (χ2v) is 4.94. The van der Waals surface area contributed by atoms with Crippen molar-refractivity contribution in [2.75, 3.05) is 19.0 Å². The third kappa shape index (κ3) is 3.82. The highest BCUT2D eigenvalue weighted by Crippen LogP contribution is 2.13. The molecule has 0 bridgehead atoms. The molecule has 1 heterocycles. The van der Waals surface area contributed by atoms with Crippen LogP contribution in [0.1, 0.15) is 11.3 Å². The van der Waals surface area contributed by atoms with E-state index in [1.54, 1.807) is 0 Å². The Hall–Kier alpha value is -2.35. The van der Waals surface area contributed by atoms with Gasteiger partial charge >= 0.3 is 0 Å². The van der Waals surface area contributed by atoms with Gasteiger partial charge in [0, 0.05) is 38.0 Å². The average molecular weight is 265 g/mol. The summed E-state index contributed by atoms with van der Waals surface area (Å²) in [6.45, 7) is 0. The van der Waals surface area contributed by atoms with E-state index >= 15 is 0 Å². The van der Waals surface area contributed by atoms with Gasteiger partial charge in [-0.25, -0.2) is 4.57 Å². The molecule has 2 nitrogen and oxygen atoms in total. The minimum Gasteiger partial charge on any atom is -0.378 e. The number of allylic oxidation sites excluding steroid dienone is 2. The topological polar surface area (TPSA) is 7.12 Å². The maximum atomic E-state index is 2.13. The smallest absolute Gasteiger partial charge is 0.204 e. The summed E-state index contributed by atoms with van der Waals surface area (Å²) in [7, 11) is 6.14. The van der Waals surface area contributed by atoms with Gasteiger partial charge < -0.3 is 4.90 Å². The zero-order valence-electron chi connectivity index (χ0n) is 12.3. The molecule has 0 amide bonds.